The van der Waals surface area contributed by atoms with Gasteiger partial charge in [0.1, 0.15) is 29.7 Å². The van der Waals surface area contributed by atoms with E-state index >= 15 is 0 Å². The lowest BCUT2D eigenvalue weighted by molar-refractivity contribution is -0.307. The van der Waals surface area contributed by atoms with Gasteiger partial charge in [0.05, 0.1) is 5.97 Å². The average Bonchev–Trinajstić information content (AvgIpc) is 2.41. The van der Waals surface area contributed by atoms with Crippen LogP contribution < -0.4 is 9.84 Å². The molecule has 1 rings (SSSR count). The van der Waals surface area contributed by atoms with Gasteiger partial charge in [0.2, 0.25) is 0 Å². The van der Waals surface area contributed by atoms with Crippen LogP contribution >= 0.6 is 0 Å². The van der Waals surface area contributed by atoms with Gasteiger partial charge in [0.25, 0.3) is 0 Å². The first kappa shape index (κ1) is 18.7. The van der Waals surface area contributed by atoms with Gasteiger partial charge in [-0.2, -0.15) is 0 Å². The molecule has 1 atom stereocenters. The third kappa shape index (κ3) is 6.95. The third-order valence-corrected chi connectivity index (χ3v) is 2.90. The molecule has 1 aromatic carbocycles. The molecule has 6 nitrogen and oxygen atoms in total. The highest BCUT2D eigenvalue weighted by Gasteiger charge is 2.28. The molecule has 126 valence electrons. The van der Waals surface area contributed by atoms with E-state index in [0.717, 1.165) is 5.56 Å². The molecular formula is C17H21O6-. The lowest BCUT2D eigenvalue weighted by Crippen LogP contribution is -2.33. The minimum atomic E-state index is -1.31. The molecule has 0 N–H and O–H groups in total. The van der Waals surface area contributed by atoms with Crippen LogP contribution in [0.5, 0.6) is 5.75 Å². The molecule has 0 heterocycles. The van der Waals surface area contributed by atoms with E-state index in [4.69, 9.17) is 9.47 Å². The second-order valence-electron chi connectivity index (χ2n) is 6.21. The average molecular weight is 321 g/mol. The topological polar surface area (TPSA) is 92.7 Å². The molecular weight excluding hydrogens is 300 g/mol. The van der Waals surface area contributed by atoms with E-state index in [1.54, 1.807) is 45.0 Å². The van der Waals surface area contributed by atoms with E-state index in [-0.39, 0.29) is 12.2 Å². The molecule has 0 aliphatic heterocycles. The molecule has 1 aromatic rings. The van der Waals surface area contributed by atoms with Crippen molar-refractivity contribution < 1.29 is 29.0 Å². The van der Waals surface area contributed by atoms with Crippen LogP contribution in [0, 0.1) is 5.92 Å². The number of aliphatic carboxylic acids is 1. The maximum Gasteiger partial charge on any atom is 0.317 e. The summed E-state index contributed by atoms with van der Waals surface area (Å²) in [5.41, 5.74) is 0.0877. The summed E-state index contributed by atoms with van der Waals surface area (Å²) < 4.78 is 10.2. The lowest BCUT2D eigenvalue weighted by atomic mass is 9.95. The van der Waals surface area contributed by atoms with Gasteiger partial charge >= 0.3 is 5.97 Å². The number of esters is 1. The van der Waals surface area contributed by atoms with E-state index in [1.165, 1.54) is 6.92 Å². The van der Waals surface area contributed by atoms with E-state index in [0.29, 0.717) is 5.75 Å². The summed E-state index contributed by atoms with van der Waals surface area (Å²) in [7, 11) is 0. The third-order valence-electron chi connectivity index (χ3n) is 2.90. The molecule has 0 radical (unpaired) electrons. The fraction of sp³-hybridized carbons (Fsp3) is 0.471. The highest BCUT2D eigenvalue weighted by Crippen LogP contribution is 2.19. The molecule has 23 heavy (non-hydrogen) atoms. The maximum absolute atomic E-state index is 12.1. The van der Waals surface area contributed by atoms with Crippen molar-refractivity contribution >= 4 is 17.7 Å². The number of hydrogen-bond donors (Lipinski definition) is 0. The van der Waals surface area contributed by atoms with Crippen molar-refractivity contribution in [1.82, 2.24) is 0 Å². The minimum Gasteiger partial charge on any atom is -0.546 e. The predicted octanol–water partition coefficient (Wildman–Crippen LogP) is 0.905. The first-order chi connectivity index (χ1) is 10.6. The van der Waals surface area contributed by atoms with Gasteiger partial charge in [-0.3, -0.25) is 9.59 Å². The van der Waals surface area contributed by atoms with Gasteiger partial charge in [-0.1, -0.05) is 12.1 Å². The van der Waals surface area contributed by atoms with Crippen LogP contribution in [0.3, 0.4) is 0 Å². The summed E-state index contributed by atoms with van der Waals surface area (Å²) >= 11 is 0. The Bertz CT molecular complexity index is 568. The molecule has 0 aliphatic carbocycles. The van der Waals surface area contributed by atoms with Crippen molar-refractivity contribution in [2.75, 3.05) is 6.61 Å². The Morgan fingerprint density at radius 1 is 1.13 bits per heavy atom. The number of carboxylic acids is 1. The molecule has 0 spiro atoms. The number of carbonyl (C=O) groups is 3. The Morgan fingerprint density at radius 2 is 1.70 bits per heavy atom. The van der Waals surface area contributed by atoms with E-state index in [2.05, 4.69) is 0 Å². The van der Waals surface area contributed by atoms with Crippen molar-refractivity contribution in [3.8, 4) is 5.75 Å². The van der Waals surface area contributed by atoms with Crippen LogP contribution in [-0.4, -0.2) is 29.9 Å². The highest BCUT2D eigenvalue weighted by atomic mass is 16.6. The molecule has 0 saturated heterocycles. The van der Waals surface area contributed by atoms with Crippen molar-refractivity contribution in [1.29, 1.82) is 0 Å². The number of hydrogen-bond acceptors (Lipinski definition) is 6. The first-order valence-electron chi connectivity index (χ1n) is 7.23. The van der Waals surface area contributed by atoms with Crippen molar-refractivity contribution in [2.45, 2.75) is 39.7 Å². The number of ketones is 1. The van der Waals surface area contributed by atoms with Crippen LogP contribution in [0.4, 0.5) is 0 Å². The van der Waals surface area contributed by atoms with Gasteiger partial charge in [-0.15, -0.1) is 0 Å². The summed E-state index contributed by atoms with van der Waals surface area (Å²) in [6.45, 7) is 6.04. The number of Topliss-reactive ketones (excluding diaryl/α,β-unsaturated/α-hetero) is 1. The summed E-state index contributed by atoms with van der Waals surface area (Å²) in [6, 6.07) is 6.49. The Labute approximate surface area is 135 Å². The van der Waals surface area contributed by atoms with Crippen molar-refractivity contribution in [3.05, 3.63) is 29.8 Å². The van der Waals surface area contributed by atoms with Gasteiger partial charge < -0.3 is 19.4 Å². The molecule has 1 unspecified atom stereocenters. The second-order valence-corrected chi connectivity index (χ2v) is 6.21. The van der Waals surface area contributed by atoms with Gasteiger partial charge in [0.15, 0.2) is 0 Å². The molecule has 0 saturated carbocycles. The number of carboxylic acid groups (broad SMARTS) is 1. The van der Waals surface area contributed by atoms with Crippen LogP contribution in [0.1, 0.15) is 33.3 Å². The SMILES string of the molecule is CC(=O)C(Cc1ccc(OCC(=O)[O-])cc1)C(=O)OC(C)(C)C. The highest BCUT2D eigenvalue weighted by molar-refractivity contribution is 5.98. The zero-order valence-corrected chi connectivity index (χ0v) is 13.8. The fourth-order valence-electron chi connectivity index (χ4n) is 1.87. The van der Waals surface area contributed by atoms with Crippen LogP contribution in [0.2, 0.25) is 0 Å². The monoisotopic (exact) mass is 321 g/mol. The number of benzene rings is 1. The molecule has 6 heteroatoms. The second kappa shape index (κ2) is 7.76. The number of rotatable bonds is 7. The maximum atomic E-state index is 12.1. The van der Waals surface area contributed by atoms with Crippen LogP contribution in [0.15, 0.2) is 24.3 Å². The lowest BCUT2D eigenvalue weighted by Gasteiger charge is -2.23. The number of carbonyl (C=O) groups excluding carboxylic acids is 3. The van der Waals surface area contributed by atoms with Crippen LogP contribution in [0.25, 0.3) is 0 Å². The smallest absolute Gasteiger partial charge is 0.317 e. The van der Waals surface area contributed by atoms with Crippen LogP contribution in [-0.2, 0) is 25.5 Å². The zero-order chi connectivity index (χ0) is 17.6. The van der Waals surface area contributed by atoms with E-state index < -0.39 is 30.1 Å². The van der Waals surface area contributed by atoms with Gasteiger partial charge in [0, 0.05) is 0 Å². The van der Waals surface area contributed by atoms with Crippen molar-refractivity contribution in [3.63, 3.8) is 0 Å². The van der Waals surface area contributed by atoms with Gasteiger partial charge in [-0.25, -0.2) is 0 Å². The summed E-state index contributed by atoms with van der Waals surface area (Å²) in [6.07, 6.45) is 0.213. The molecule has 0 fully saturated rings. The Morgan fingerprint density at radius 3 is 2.13 bits per heavy atom. The standard InChI is InChI=1S/C17H22O6/c1-11(18)14(16(21)23-17(2,3)4)9-12-5-7-13(8-6-12)22-10-15(19)20/h5-8,14H,9-10H2,1-4H3,(H,19,20)/p-1. The Balaban J connectivity index is 2.75. The zero-order valence-electron chi connectivity index (χ0n) is 13.8. The first-order valence-corrected chi connectivity index (χ1v) is 7.23. The van der Waals surface area contributed by atoms with E-state index in [9.17, 15) is 19.5 Å². The molecule has 0 aliphatic rings. The quantitative estimate of drug-likeness (QED) is 0.547. The Hall–Kier alpha value is -2.37. The van der Waals surface area contributed by atoms with Crippen molar-refractivity contribution in [2.24, 2.45) is 5.92 Å². The van der Waals surface area contributed by atoms with E-state index in [1.807, 2.05) is 0 Å². The summed E-state index contributed by atoms with van der Waals surface area (Å²) in [4.78, 5) is 34.2. The predicted molar refractivity (Wildman–Crippen MR) is 80.7 cm³/mol. The number of ether oxygens (including phenoxy) is 2. The Kier molecular flexibility index (Phi) is 6.30. The summed E-state index contributed by atoms with van der Waals surface area (Å²) in [5.74, 6) is -2.63. The fourth-order valence-corrected chi connectivity index (χ4v) is 1.87. The molecule has 0 bridgehead atoms. The normalized spacial score (nSPS) is 12.3. The molecule has 0 amide bonds. The summed E-state index contributed by atoms with van der Waals surface area (Å²) in [5, 5.41) is 10.3. The van der Waals surface area contributed by atoms with Gasteiger partial charge in [-0.05, 0) is 51.8 Å². The molecule has 0 aromatic heterocycles. The largest absolute Gasteiger partial charge is 0.546 e. The minimum absolute atomic E-state index is 0.213.